The molecule has 0 saturated carbocycles. The summed E-state index contributed by atoms with van der Waals surface area (Å²) in [5.74, 6) is 0.872. The predicted octanol–water partition coefficient (Wildman–Crippen LogP) is 1.61. The molecule has 20 heavy (non-hydrogen) atoms. The molecule has 2 aromatic rings. The van der Waals surface area contributed by atoms with Gasteiger partial charge in [0.15, 0.2) is 0 Å². The van der Waals surface area contributed by atoms with Crippen molar-refractivity contribution in [2.24, 2.45) is 0 Å². The Bertz CT molecular complexity index is 779. The lowest BCUT2D eigenvalue weighted by Crippen LogP contribution is -2.34. The van der Waals surface area contributed by atoms with Crippen molar-refractivity contribution >= 4 is 15.9 Å². The van der Waals surface area contributed by atoms with Crippen molar-refractivity contribution in [1.82, 2.24) is 9.55 Å². The number of benzene rings is 1. The summed E-state index contributed by atoms with van der Waals surface area (Å²) in [5.41, 5.74) is 1.51. The van der Waals surface area contributed by atoms with E-state index in [4.69, 9.17) is 4.74 Å². The smallest absolute Gasteiger partial charge is 0.328 e. The zero-order valence-electron chi connectivity index (χ0n) is 10.9. The maximum absolute atomic E-state index is 11.7. The first-order valence-corrected chi connectivity index (χ1v) is 7.07. The van der Waals surface area contributed by atoms with E-state index in [1.54, 1.807) is 0 Å². The molecule has 0 fully saturated rings. The molecule has 1 aliphatic rings. The molecule has 0 saturated heterocycles. The van der Waals surface area contributed by atoms with Crippen molar-refractivity contribution in [2.45, 2.75) is 26.0 Å². The molecule has 0 aliphatic carbocycles. The van der Waals surface area contributed by atoms with E-state index in [-0.39, 0.29) is 6.10 Å². The van der Waals surface area contributed by atoms with E-state index in [2.05, 4.69) is 27.0 Å². The highest BCUT2D eigenvalue weighted by Crippen LogP contribution is 2.29. The molecule has 0 spiro atoms. The number of nitrogens with one attached hydrogen (secondary N) is 1. The lowest BCUT2D eigenvalue weighted by molar-refractivity contribution is 0.206. The van der Waals surface area contributed by atoms with Gasteiger partial charge in [-0.1, -0.05) is 17.7 Å². The number of aromatic nitrogens is 2. The van der Waals surface area contributed by atoms with E-state index in [0.717, 1.165) is 17.7 Å². The minimum atomic E-state index is -0.422. The molecule has 104 valence electrons. The topological polar surface area (TPSA) is 64.1 Å². The van der Waals surface area contributed by atoms with Crippen LogP contribution < -0.4 is 16.0 Å². The molecule has 0 radical (unpaired) electrons. The molecular weight excluding hydrogens is 324 g/mol. The number of aryl methyl sites for hydroxylation is 1. The molecule has 1 atom stereocenters. The van der Waals surface area contributed by atoms with Gasteiger partial charge in [-0.25, -0.2) is 4.79 Å². The van der Waals surface area contributed by atoms with Crippen molar-refractivity contribution in [3.05, 3.63) is 60.8 Å². The highest BCUT2D eigenvalue weighted by Gasteiger charge is 2.23. The highest BCUT2D eigenvalue weighted by atomic mass is 79.9. The first kappa shape index (κ1) is 13.2. The van der Waals surface area contributed by atoms with Crippen molar-refractivity contribution in [2.75, 3.05) is 0 Å². The van der Waals surface area contributed by atoms with Crippen LogP contribution in [-0.2, 0) is 13.0 Å². The average molecular weight is 337 g/mol. The number of nitrogens with zero attached hydrogens (tertiary/aromatic N) is 1. The number of hydrogen-bond acceptors (Lipinski definition) is 3. The standard InChI is InChI=1S/C14H13BrN2O3/c1-8-2-3-12-9(4-8)5-10(20-12)6-17-7-11(15)13(18)16-14(17)19/h2-4,7,10H,5-6H2,1H3,(H,16,18,19). The van der Waals surface area contributed by atoms with Crippen LogP contribution in [0.3, 0.4) is 0 Å². The van der Waals surface area contributed by atoms with Crippen LogP contribution in [0, 0.1) is 6.92 Å². The lowest BCUT2D eigenvalue weighted by Gasteiger charge is -2.12. The molecule has 3 rings (SSSR count). The fourth-order valence-corrected chi connectivity index (χ4v) is 2.74. The summed E-state index contributed by atoms with van der Waals surface area (Å²) >= 11 is 3.12. The Morgan fingerprint density at radius 2 is 2.25 bits per heavy atom. The molecular formula is C14H13BrN2O3. The van der Waals surface area contributed by atoms with E-state index < -0.39 is 11.2 Å². The van der Waals surface area contributed by atoms with Crippen LogP contribution >= 0.6 is 15.9 Å². The Labute approximate surface area is 123 Å². The van der Waals surface area contributed by atoms with E-state index in [1.165, 1.54) is 16.3 Å². The van der Waals surface area contributed by atoms with Crippen LogP contribution in [0.1, 0.15) is 11.1 Å². The largest absolute Gasteiger partial charge is 0.488 e. The Hall–Kier alpha value is -1.82. The molecule has 6 heteroatoms. The minimum absolute atomic E-state index is 0.0951. The van der Waals surface area contributed by atoms with E-state index >= 15 is 0 Å². The first-order valence-electron chi connectivity index (χ1n) is 6.28. The van der Waals surface area contributed by atoms with E-state index in [9.17, 15) is 9.59 Å². The Morgan fingerprint density at radius 1 is 1.45 bits per heavy atom. The monoisotopic (exact) mass is 336 g/mol. The lowest BCUT2D eigenvalue weighted by atomic mass is 10.1. The van der Waals surface area contributed by atoms with Crippen LogP contribution in [0.4, 0.5) is 0 Å². The van der Waals surface area contributed by atoms with Gasteiger partial charge in [-0.2, -0.15) is 0 Å². The highest BCUT2D eigenvalue weighted by molar-refractivity contribution is 9.10. The maximum Gasteiger partial charge on any atom is 0.328 e. The summed E-state index contributed by atoms with van der Waals surface area (Å²) in [6.07, 6.45) is 2.17. The molecule has 0 bridgehead atoms. The Kier molecular flexibility index (Phi) is 3.25. The molecule has 5 nitrogen and oxygen atoms in total. The van der Waals surface area contributed by atoms with Crippen LogP contribution in [0.15, 0.2) is 38.5 Å². The van der Waals surface area contributed by atoms with E-state index in [0.29, 0.717) is 11.0 Å². The van der Waals surface area contributed by atoms with Crippen LogP contribution in [0.5, 0.6) is 5.75 Å². The fourth-order valence-electron chi connectivity index (χ4n) is 2.39. The van der Waals surface area contributed by atoms with Crippen molar-refractivity contribution in [3.8, 4) is 5.75 Å². The third-order valence-electron chi connectivity index (χ3n) is 3.32. The molecule has 1 aliphatic heterocycles. The summed E-state index contributed by atoms with van der Waals surface area (Å²) in [4.78, 5) is 25.3. The second kappa shape index (κ2) is 4.94. The number of rotatable bonds is 2. The van der Waals surface area contributed by atoms with Gasteiger partial charge in [-0.15, -0.1) is 0 Å². The van der Waals surface area contributed by atoms with Crippen LogP contribution in [-0.4, -0.2) is 15.7 Å². The van der Waals surface area contributed by atoms with Gasteiger partial charge >= 0.3 is 5.69 Å². The van der Waals surface area contributed by atoms with Crippen LogP contribution in [0.25, 0.3) is 0 Å². The molecule has 1 aromatic heterocycles. The SMILES string of the molecule is Cc1ccc2c(c1)CC(Cn1cc(Br)c(=O)[nH]c1=O)O2. The number of ether oxygens (including phenoxy) is 1. The number of fused-ring (bicyclic) bond motifs is 1. The van der Waals surface area contributed by atoms with Gasteiger partial charge in [0.1, 0.15) is 11.9 Å². The number of H-pyrrole nitrogens is 1. The van der Waals surface area contributed by atoms with Crippen molar-refractivity contribution in [3.63, 3.8) is 0 Å². The zero-order valence-corrected chi connectivity index (χ0v) is 12.4. The molecule has 1 unspecified atom stereocenters. The summed E-state index contributed by atoms with van der Waals surface area (Å²) in [5, 5.41) is 0. The quantitative estimate of drug-likeness (QED) is 0.906. The predicted molar refractivity (Wildman–Crippen MR) is 78.3 cm³/mol. The minimum Gasteiger partial charge on any atom is -0.488 e. The number of hydrogen-bond donors (Lipinski definition) is 1. The third-order valence-corrected chi connectivity index (χ3v) is 3.89. The average Bonchev–Trinajstić information content (AvgIpc) is 2.77. The van der Waals surface area contributed by atoms with Gasteiger partial charge in [0.05, 0.1) is 11.0 Å². The molecule has 0 amide bonds. The van der Waals surface area contributed by atoms with Gasteiger partial charge in [0.2, 0.25) is 0 Å². The maximum atomic E-state index is 11.7. The molecule has 1 N–H and O–H groups in total. The second-order valence-electron chi connectivity index (χ2n) is 4.94. The van der Waals surface area contributed by atoms with Gasteiger partial charge in [-0.3, -0.25) is 14.3 Å². The summed E-state index contributed by atoms with van der Waals surface area (Å²) < 4.78 is 7.61. The van der Waals surface area contributed by atoms with Crippen LogP contribution in [0.2, 0.25) is 0 Å². The molecule has 1 aromatic carbocycles. The zero-order chi connectivity index (χ0) is 14.3. The summed E-state index contributed by atoms with van der Waals surface area (Å²) in [6.45, 7) is 2.44. The van der Waals surface area contributed by atoms with Gasteiger partial charge in [0, 0.05) is 12.6 Å². The molecule has 2 heterocycles. The van der Waals surface area contributed by atoms with Gasteiger partial charge in [-0.05, 0) is 34.5 Å². The first-order chi connectivity index (χ1) is 9.52. The third kappa shape index (κ3) is 2.43. The summed E-state index contributed by atoms with van der Waals surface area (Å²) in [7, 11) is 0. The Balaban J connectivity index is 1.83. The van der Waals surface area contributed by atoms with E-state index in [1.807, 2.05) is 19.1 Å². The van der Waals surface area contributed by atoms with Gasteiger partial charge in [0.25, 0.3) is 5.56 Å². The second-order valence-corrected chi connectivity index (χ2v) is 5.80. The van der Waals surface area contributed by atoms with Crippen molar-refractivity contribution in [1.29, 1.82) is 0 Å². The fraction of sp³-hybridized carbons (Fsp3) is 0.286. The number of halogens is 1. The summed E-state index contributed by atoms with van der Waals surface area (Å²) in [6, 6.07) is 6.06. The Morgan fingerprint density at radius 3 is 3.05 bits per heavy atom. The van der Waals surface area contributed by atoms with Gasteiger partial charge < -0.3 is 4.74 Å². The normalized spacial score (nSPS) is 16.8. The van der Waals surface area contributed by atoms with Crippen molar-refractivity contribution < 1.29 is 4.74 Å². The number of aromatic amines is 1.